The van der Waals surface area contributed by atoms with Gasteiger partial charge in [0.15, 0.2) is 0 Å². The van der Waals surface area contributed by atoms with E-state index in [1.54, 1.807) is 6.20 Å². The molecule has 5 heteroatoms. The molecule has 0 aliphatic rings. The van der Waals surface area contributed by atoms with Gasteiger partial charge in [-0.1, -0.05) is 6.92 Å². The summed E-state index contributed by atoms with van der Waals surface area (Å²) in [5.41, 5.74) is 7.98. The van der Waals surface area contributed by atoms with Crippen molar-refractivity contribution >= 4 is 0 Å². The van der Waals surface area contributed by atoms with Crippen molar-refractivity contribution in [1.29, 1.82) is 0 Å². The molecule has 2 N–H and O–H groups in total. The van der Waals surface area contributed by atoms with Gasteiger partial charge in [-0.25, -0.2) is 0 Å². The van der Waals surface area contributed by atoms with E-state index in [1.165, 1.54) is 0 Å². The van der Waals surface area contributed by atoms with Crippen molar-refractivity contribution in [3.05, 3.63) is 42.0 Å². The minimum absolute atomic E-state index is 0.175. The number of hydrogen-bond donors (Lipinski definition) is 1. The molecule has 0 saturated heterocycles. The highest BCUT2D eigenvalue weighted by Crippen LogP contribution is 2.12. The van der Waals surface area contributed by atoms with E-state index < -0.39 is 0 Å². The Kier molecular flexibility index (Phi) is 5.12. The van der Waals surface area contributed by atoms with E-state index in [0.717, 1.165) is 36.4 Å². The summed E-state index contributed by atoms with van der Waals surface area (Å²) in [4.78, 5) is 4.37. The number of rotatable bonds is 7. The Labute approximate surface area is 119 Å². The average molecular weight is 274 g/mol. The summed E-state index contributed by atoms with van der Waals surface area (Å²) < 4.78 is 7.57. The maximum absolute atomic E-state index is 5.91. The monoisotopic (exact) mass is 274 g/mol. The summed E-state index contributed by atoms with van der Waals surface area (Å²) in [6.45, 7) is 5.52. The normalized spacial score (nSPS) is 12.3. The number of ether oxygens (including phenoxy) is 1. The molecule has 2 aromatic rings. The van der Waals surface area contributed by atoms with Gasteiger partial charge in [0.05, 0.1) is 12.4 Å². The molecule has 0 aliphatic carbocycles. The van der Waals surface area contributed by atoms with Gasteiger partial charge in [-0.3, -0.25) is 9.67 Å². The maximum atomic E-state index is 5.91. The van der Waals surface area contributed by atoms with Crippen LogP contribution in [-0.2, 0) is 19.6 Å². The third-order valence-electron chi connectivity index (χ3n) is 3.21. The lowest BCUT2D eigenvalue weighted by atomic mass is 10.1. The molecule has 1 atom stereocenters. The molecule has 0 amide bonds. The van der Waals surface area contributed by atoms with Gasteiger partial charge < -0.3 is 10.5 Å². The molecule has 5 nitrogen and oxygen atoms in total. The largest absolute Gasteiger partial charge is 0.487 e. The first-order chi connectivity index (χ1) is 9.71. The smallest absolute Gasteiger partial charge is 0.138 e. The Balaban J connectivity index is 1.87. The summed E-state index contributed by atoms with van der Waals surface area (Å²) in [6, 6.07) is 4.09. The van der Waals surface area contributed by atoms with Gasteiger partial charge in [-0.2, -0.15) is 5.10 Å². The number of aryl methyl sites for hydroxylation is 1. The van der Waals surface area contributed by atoms with Crippen LogP contribution in [0.25, 0.3) is 0 Å². The third kappa shape index (κ3) is 4.06. The fourth-order valence-corrected chi connectivity index (χ4v) is 1.85. The van der Waals surface area contributed by atoms with Crippen molar-refractivity contribution in [3.8, 4) is 5.75 Å². The second-order valence-electron chi connectivity index (χ2n) is 4.85. The summed E-state index contributed by atoms with van der Waals surface area (Å²) in [5.74, 6) is 0.767. The molecule has 108 valence electrons. The fraction of sp³-hybridized carbons (Fsp3) is 0.467. The quantitative estimate of drug-likeness (QED) is 0.840. The second kappa shape index (κ2) is 7.05. The van der Waals surface area contributed by atoms with Crippen LogP contribution in [0, 0.1) is 0 Å². The number of nitrogens with two attached hydrogens (primary N) is 1. The van der Waals surface area contributed by atoms with Crippen LogP contribution in [-0.4, -0.2) is 20.8 Å². The molecule has 0 aliphatic heterocycles. The van der Waals surface area contributed by atoms with E-state index in [2.05, 4.69) is 23.9 Å². The number of pyridine rings is 1. The number of aromatic nitrogens is 3. The molecule has 0 fully saturated rings. The molecule has 0 bridgehead atoms. The minimum atomic E-state index is 0.175. The molecule has 1 unspecified atom stereocenters. The van der Waals surface area contributed by atoms with Crippen LogP contribution >= 0.6 is 0 Å². The first kappa shape index (κ1) is 14.5. The maximum Gasteiger partial charge on any atom is 0.138 e. The minimum Gasteiger partial charge on any atom is -0.487 e. The van der Waals surface area contributed by atoms with Crippen molar-refractivity contribution in [3.63, 3.8) is 0 Å². The number of nitrogens with zero attached hydrogens (tertiary/aromatic N) is 3. The zero-order valence-corrected chi connectivity index (χ0v) is 12.1. The highest BCUT2D eigenvalue weighted by Gasteiger charge is 2.04. The molecule has 2 aromatic heterocycles. The van der Waals surface area contributed by atoms with Gasteiger partial charge in [0.25, 0.3) is 0 Å². The summed E-state index contributed by atoms with van der Waals surface area (Å²) in [7, 11) is 0. The van der Waals surface area contributed by atoms with E-state index in [0.29, 0.717) is 6.61 Å². The van der Waals surface area contributed by atoms with Crippen molar-refractivity contribution in [2.24, 2.45) is 5.73 Å². The Morgan fingerprint density at radius 1 is 1.30 bits per heavy atom. The van der Waals surface area contributed by atoms with Crippen molar-refractivity contribution < 1.29 is 4.74 Å². The van der Waals surface area contributed by atoms with Crippen LogP contribution < -0.4 is 10.5 Å². The molecular weight excluding hydrogens is 252 g/mol. The van der Waals surface area contributed by atoms with Crippen LogP contribution in [0.5, 0.6) is 5.75 Å². The summed E-state index contributed by atoms with van der Waals surface area (Å²) >= 11 is 0. The van der Waals surface area contributed by atoms with Crippen molar-refractivity contribution in [2.45, 2.75) is 45.9 Å². The van der Waals surface area contributed by atoms with Gasteiger partial charge in [0, 0.05) is 36.5 Å². The first-order valence-corrected chi connectivity index (χ1v) is 7.06. The van der Waals surface area contributed by atoms with Gasteiger partial charge in [0.1, 0.15) is 12.4 Å². The van der Waals surface area contributed by atoms with E-state index >= 15 is 0 Å². The van der Waals surface area contributed by atoms with Gasteiger partial charge in [0.2, 0.25) is 0 Å². The lowest BCUT2D eigenvalue weighted by molar-refractivity contribution is 0.304. The fourth-order valence-electron chi connectivity index (χ4n) is 1.85. The van der Waals surface area contributed by atoms with E-state index in [9.17, 15) is 0 Å². The number of hydrogen-bond acceptors (Lipinski definition) is 4. The second-order valence-corrected chi connectivity index (χ2v) is 4.85. The van der Waals surface area contributed by atoms with E-state index in [-0.39, 0.29) is 6.04 Å². The molecule has 20 heavy (non-hydrogen) atoms. The molecule has 0 saturated carbocycles. The lowest BCUT2D eigenvalue weighted by Gasteiger charge is -2.09. The Morgan fingerprint density at radius 2 is 2.15 bits per heavy atom. The third-order valence-corrected chi connectivity index (χ3v) is 3.21. The molecule has 0 aromatic carbocycles. The topological polar surface area (TPSA) is 66.0 Å². The van der Waals surface area contributed by atoms with Crippen LogP contribution in [0.1, 0.15) is 31.5 Å². The SMILES string of the molecule is CCC(N)Cc1ccc(OCc2cnn(CC)c2)cn1. The predicted octanol–water partition coefficient (Wildman–Crippen LogP) is 2.16. The van der Waals surface area contributed by atoms with Crippen molar-refractivity contribution in [1.82, 2.24) is 14.8 Å². The average Bonchev–Trinajstić information content (AvgIpc) is 2.94. The standard InChI is InChI=1S/C15H22N4O/c1-3-13(16)7-14-5-6-15(9-17-14)20-11-12-8-18-19(4-2)10-12/h5-6,8-10,13H,3-4,7,11,16H2,1-2H3. The van der Waals surface area contributed by atoms with Crippen LogP contribution in [0.4, 0.5) is 0 Å². The lowest BCUT2D eigenvalue weighted by Crippen LogP contribution is -2.21. The zero-order valence-electron chi connectivity index (χ0n) is 12.1. The highest BCUT2D eigenvalue weighted by atomic mass is 16.5. The molecule has 0 radical (unpaired) electrons. The molecule has 0 spiro atoms. The van der Waals surface area contributed by atoms with Crippen LogP contribution in [0.3, 0.4) is 0 Å². The molecule has 2 heterocycles. The van der Waals surface area contributed by atoms with Gasteiger partial charge >= 0.3 is 0 Å². The van der Waals surface area contributed by atoms with E-state index in [4.69, 9.17) is 10.5 Å². The van der Waals surface area contributed by atoms with Gasteiger partial charge in [-0.05, 0) is 25.5 Å². The zero-order chi connectivity index (χ0) is 14.4. The summed E-state index contributed by atoms with van der Waals surface area (Å²) in [6.07, 6.45) is 7.33. The Morgan fingerprint density at radius 3 is 2.75 bits per heavy atom. The molecule has 2 rings (SSSR count). The molecular formula is C15H22N4O. The summed E-state index contributed by atoms with van der Waals surface area (Å²) in [5, 5.41) is 4.21. The van der Waals surface area contributed by atoms with Gasteiger partial charge in [-0.15, -0.1) is 0 Å². The van der Waals surface area contributed by atoms with Crippen molar-refractivity contribution in [2.75, 3.05) is 0 Å². The van der Waals surface area contributed by atoms with E-state index in [1.807, 2.05) is 29.2 Å². The van der Waals surface area contributed by atoms with Crippen LogP contribution in [0.15, 0.2) is 30.7 Å². The highest BCUT2D eigenvalue weighted by molar-refractivity contribution is 5.21. The Bertz CT molecular complexity index is 521. The predicted molar refractivity (Wildman–Crippen MR) is 78.4 cm³/mol. The Hall–Kier alpha value is -1.88. The first-order valence-electron chi connectivity index (χ1n) is 7.06. The van der Waals surface area contributed by atoms with Crippen LogP contribution in [0.2, 0.25) is 0 Å².